The van der Waals surface area contributed by atoms with Gasteiger partial charge in [-0.1, -0.05) is 18.2 Å². The lowest BCUT2D eigenvalue weighted by Crippen LogP contribution is -2.52. The molecular formula is C21H23N5O3. The molecule has 2 aromatic rings. The van der Waals surface area contributed by atoms with Crippen molar-refractivity contribution in [3.05, 3.63) is 65.0 Å². The summed E-state index contributed by atoms with van der Waals surface area (Å²) >= 11 is 0. The number of rotatable bonds is 6. The summed E-state index contributed by atoms with van der Waals surface area (Å²) in [5.41, 5.74) is 9.45. The fourth-order valence-corrected chi connectivity index (χ4v) is 3.78. The highest BCUT2D eigenvalue weighted by Gasteiger charge is 2.39. The van der Waals surface area contributed by atoms with Crippen molar-refractivity contribution in [2.45, 2.75) is 38.0 Å². The van der Waals surface area contributed by atoms with Crippen LogP contribution in [-0.2, 0) is 22.7 Å². The quantitative estimate of drug-likeness (QED) is 0.620. The van der Waals surface area contributed by atoms with Crippen molar-refractivity contribution in [2.24, 2.45) is 5.73 Å². The van der Waals surface area contributed by atoms with Gasteiger partial charge in [-0.25, -0.2) is 0 Å². The molecule has 4 rings (SSSR count). The summed E-state index contributed by atoms with van der Waals surface area (Å²) in [5.74, 6) is -0.845. The van der Waals surface area contributed by atoms with Crippen LogP contribution in [-0.4, -0.2) is 40.2 Å². The van der Waals surface area contributed by atoms with Crippen molar-refractivity contribution in [3.8, 4) is 0 Å². The second-order valence-electron chi connectivity index (χ2n) is 7.38. The van der Waals surface area contributed by atoms with Gasteiger partial charge < -0.3 is 16.0 Å². The van der Waals surface area contributed by atoms with Gasteiger partial charge >= 0.3 is 0 Å². The normalized spacial score (nSPS) is 19.8. The van der Waals surface area contributed by atoms with Gasteiger partial charge in [-0.15, -0.1) is 0 Å². The van der Waals surface area contributed by atoms with E-state index in [-0.39, 0.29) is 24.3 Å². The number of carbonyl (C=O) groups is 3. The molecule has 2 aliphatic rings. The van der Waals surface area contributed by atoms with Crippen LogP contribution in [0, 0.1) is 0 Å². The van der Waals surface area contributed by atoms with Crippen molar-refractivity contribution in [2.75, 3.05) is 6.54 Å². The molecule has 0 bridgehead atoms. The molecule has 150 valence electrons. The number of fused-ring (bicyclic) bond motifs is 1. The third-order valence-corrected chi connectivity index (χ3v) is 5.35. The fourth-order valence-electron chi connectivity index (χ4n) is 3.78. The first kappa shape index (κ1) is 19.2. The summed E-state index contributed by atoms with van der Waals surface area (Å²) in [6.07, 6.45) is 2.34. The molecule has 0 aliphatic carbocycles. The van der Waals surface area contributed by atoms with Crippen molar-refractivity contribution >= 4 is 17.7 Å². The lowest BCUT2D eigenvalue weighted by atomic mass is 10.0. The zero-order valence-electron chi connectivity index (χ0n) is 15.9. The Morgan fingerprint density at radius 2 is 2.10 bits per heavy atom. The highest BCUT2D eigenvalue weighted by Crippen LogP contribution is 2.28. The first-order valence-electron chi connectivity index (χ1n) is 9.66. The number of pyridine rings is 1. The summed E-state index contributed by atoms with van der Waals surface area (Å²) in [4.78, 5) is 42.2. The summed E-state index contributed by atoms with van der Waals surface area (Å²) in [6.45, 7) is 1.52. The van der Waals surface area contributed by atoms with Crippen LogP contribution in [0.15, 0.2) is 42.6 Å². The van der Waals surface area contributed by atoms with E-state index in [1.165, 1.54) is 0 Å². The number of hydrogen-bond acceptors (Lipinski definition) is 6. The van der Waals surface area contributed by atoms with Gasteiger partial charge in [0, 0.05) is 37.8 Å². The standard InChI is InChI=1S/C21H23N5O3/c22-16(17-3-1-2-8-24-17)11-23-10-13-4-5-14-12-26(21(29)15(14)9-13)18-6-7-19(27)25-20(18)28/h1-5,8-9,16,18,23H,6-7,10-12,22H2,(H,25,27,28). The predicted octanol–water partition coefficient (Wildman–Crippen LogP) is 0.632. The van der Waals surface area contributed by atoms with Crippen LogP contribution < -0.4 is 16.4 Å². The van der Waals surface area contributed by atoms with E-state index in [2.05, 4.69) is 15.6 Å². The molecule has 1 fully saturated rings. The average Bonchev–Trinajstić information content (AvgIpc) is 3.04. The number of piperidine rings is 1. The zero-order chi connectivity index (χ0) is 20.4. The third kappa shape index (κ3) is 4.03. The molecule has 8 nitrogen and oxygen atoms in total. The largest absolute Gasteiger partial charge is 0.322 e. The number of amides is 3. The monoisotopic (exact) mass is 393 g/mol. The first-order chi connectivity index (χ1) is 14.0. The van der Waals surface area contributed by atoms with Crippen molar-refractivity contribution in [1.82, 2.24) is 20.5 Å². The van der Waals surface area contributed by atoms with Gasteiger partial charge in [0.05, 0.1) is 11.7 Å². The Balaban J connectivity index is 1.38. The topological polar surface area (TPSA) is 117 Å². The molecular weight excluding hydrogens is 370 g/mol. The lowest BCUT2D eigenvalue weighted by Gasteiger charge is -2.29. The maximum absolute atomic E-state index is 12.9. The number of carbonyl (C=O) groups excluding carboxylic acids is 3. The van der Waals surface area contributed by atoms with E-state index in [9.17, 15) is 14.4 Å². The maximum Gasteiger partial charge on any atom is 0.255 e. The molecule has 1 saturated heterocycles. The predicted molar refractivity (Wildman–Crippen MR) is 105 cm³/mol. The molecule has 8 heteroatoms. The second kappa shape index (κ2) is 8.10. The Kier molecular flexibility index (Phi) is 5.37. The molecule has 2 aliphatic heterocycles. The SMILES string of the molecule is NC(CNCc1ccc2c(c1)C(=O)N(C1CCC(=O)NC1=O)C2)c1ccccn1. The number of hydrogen-bond donors (Lipinski definition) is 3. The molecule has 4 N–H and O–H groups in total. The average molecular weight is 393 g/mol. The van der Waals surface area contributed by atoms with E-state index in [0.717, 1.165) is 16.8 Å². The Morgan fingerprint density at radius 3 is 2.86 bits per heavy atom. The highest BCUT2D eigenvalue weighted by atomic mass is 16.2. The van der Waals surface area contributed by atoms with Crippen LogP contribution >= 0.6 is 0 Å². The number of benzene rings is 1. The molecule has 3 heterocycles. The minimum atomic E-state index is -0.592. The molecule has 29 heavy (non-hydrogen) atoms. The Hall–Kier alpha value is -3.10. The van der Waals surface area contributed by atoms with E-state index in [0.29, 0.717) is 31.6 Å². The number of nitrogens with two attached hydrogens (primary N) is 1. The maximum atomic E-state index is 12.9. The van der Waals surface area contributed by atoms with Crippen LogP contribution in [0.2, 0.25) is 0 Å². The summed E-state index contributed by atoms with van der Waals surface area (Å²) in [5, 5.41) is 5.62. The van der Waals surface area contributed by atoms with E-state index in [1.807, 2.05) is 36.4 Å². The van der Waals surface area contributed by atoms with Crippen LogP contribution in [0.1, 0.15) is 46.1 Å². The third-order valence-electron chi connectivity index (χ3n) is 5.35. The molecule has 2 atom stereocenters. The van der Waals surface area contributed by atoms with Gasteiger partial charge in [0.1, 0.15) is 6.04 Å². The van der Waals surface area contributed by atoms with Crippen LogP contribution in [0.3, 0.4) is 0 Å². The molecule has 0 saturated carbocycles. The van der Waals surface area contributed by atoms with Crippen molar-refractivity contribution in [1.29, 1.82) is 0 Å². The second-order valence-corrected chi connectivity index (χ2v) is 7.38. The fraction of sp³-hybridized carbons (Fsp3) is 0.333. The molecule has 0 radical (unpaired) electrons. The van der Waals surface area contributed by atoms with Crippen LogP contribution in [0.5, 0.6) is 0 Å². The minimum absolute atomic E-state index is 0.165. The number of aromatic nitrogens is 1. The molecule has 1 aromatic carbocycles. The van der Waals surface area contributed by atoms with Crippen LogP contribution in [0.4, 0.5) is 0 Å². The van der Waals surface area contributed by atoms with E-state index < -0.39 is 11.9 Å². The van der Waals surface area contributed by atoms with E-state index in [1.54, 1.807) is 11.1 Å². The number of imide groups is 1. The minimum Gasteiger partial charge on any atom is -0.322 e. The van der Waals surface area contributed by atoms with Gasteiger partial charge in [-0.3, -0.25) is 24.7 Å². The molecule has 3 amide bonds. The first-order valence-corrected chi connectivity index (χ1v) is 9.66. The molecule has 0 spiro atoms. The van der Waals surface area contributed by atoms with Crippen LogP contribution in [0.25, 0.3) is 0 Å². The van der Waals surface area contributed by atoms with Gasteiger partial charge in [-0.2, -0.15) is 0 Å². The van der Waals surface area contributed by atoms with Crippen molar-refractivity contribution in [3.63, 3.8) is 0 Å². The van der Waals surface area contributed by atoms with Gasteiger partial charge in [0.25, 0.3) is 5.91 Å². The van der Waals surface area contributed by atoms with Gasteiger partial charge in [0.15, 0.2) is 0 Å². The summed E-state index contributed by atoms with van der Waals surface area (Å²) in [7, 11) is 0. The summed E-state index contributed by atoms with van der Waals surface area (Å²) in [6, 6.07) is 10.6. The molecule has 2 unspecified atom stereocenters. The molecule has 1 aromatic heterocycles. The number of nitrogens with one attached hydrogen (secondary N) is 2. The van der Waals surface area contributed by atoms with E-state index in [4.69, 9.17) is 5.73 Å². The highest BCUT2D eigenvalue weighted by molar-refractivity contribution is 6.05. The van der Waals surface area contributed by atoms with Gasteiger partial charge in [0.2, 0.25) is 11.8 Å². The zero-order valence-corrected chi connectivity index (χ0v) is 15.9. The van der Waals surface area contributed by atoms with Gasteiger partial charge in [-0.05, 0) is 35.7 Å². The van der Waals surface area contributed by atoms with E-state index >= 15 is 0 Å². The lowest BCUT2D eigenvalue weighted by molar-refractivity contribution is -0.136. The Bertz CT molecular complexity index is 947. The van der Waals surface area contributed by atoms with Crippen molar-refractivity contribution < 1.29 is 14.4 Å². The smallest absolute Gasteiger partial charge is 0.255 e. The number of nitrogens with zero attached hydrogens (tertiary/aromatic N) is 2. The Labute approximate surface area is 168 Å². The summed E-state index contributed by atoms with van der Waals surface area (Å²) < 4.78 is 0. The Morgan fingerprint density at radius 1 is 1.24 bits per heavy atom.